The first-order valence-electron chi connectivity index (χ1n) is 7.92. The zero-order valence-corrected chi connectivity index (χ0v) is 13.5. The van der Waals surface area contributed by atoms with Gasteiger partial charge in [-0.3, -0.25) is 0 Å². The van der Waals surface area contributed by atoms with E-state index in [1.54, 1.807) is 13.1 Å². The van der Waals surface area contributed by atoms with E-state index >= 15 is 0 Å². The third kappa shape index (κ3) is 3.97. The first kappa shape index (κ1) is 16.1. The summed E-state index contributed by atoms with van der Waals surface area (Å²) in [6.07, 6.45) is 2.40. The van der Waals surface area contributed by atoms with Crippen molar-refractivity contribution in [2.24, 2.45) is 0 Å². The van der Waals surface area contributed by atoms with Crippen molar-refractivity contribution in [3.63, 3.8) is 0 Å². The minimum absolute atomic E-state index is 0.149. The van der Waals surface area contributed by atoms with Gasteiger partial charge in [0.1, 0.15) is 5.82 Å². The molecule has 0 spiro atoms. The Kier molecular flexibility index (Phi) is 5.18. The Balaban J connectivity index is 1.71. The van der Waals surface area contributed by atoms with Crippen LogP contribution < -0.4 is 5.32 Å². The quantitative estimate of drug-likeness (QED) is 0.695. The lowest BCUT2D eigenvalue weighted by molar-refractivity contribution is 0.277. The molecule has 0 aliphatic heterocycles. The average molecular weight is 324 g/mol. The molecule has 6 heteroatoms. The predicted molar refractivity (Wildman–Crippen MR) is 91.6 cm³/mol. The fraction of sp³-hybridized carbons (Fsp3) is 0.278. The third-order valence-electron chi connectivity index (χ3n) is 3.81. The van der Waals surface area contributed by atoms with Gasteiger partial charge in [0.15, 0.2) is 5.82 Å². The summed E-state index contributed by atoms with van der Waals surface area (Å²) in [5, 5.41) is 16.5. The van der Waals surface area contributed by atoms with Gasteiger partial charge in [-0.15, -0.1) is 0 Å². The van der Waals surface area contributed by atoms with Gasteiger partial charge in [-0.25, -0.2) is 4.98 Å². The molecular weight excluding hydrogens is 304 g/mol. The molecule has 0 aliphatic rings. The Hall–Kier alpha value is -2.73. The summed E-state index contributed by atoms with van der Waals surface area (Å²) in [6.45, 7) is 2.62. The van der Waals surface area contributed by atoms with E-state index in [4.69, 9.17) is 4.52 Å². The van der Waals surface area contributed by atoms with E-state index in [2.05, 4.69) is 32.6 Å². The average Bonchev–Trinajstić information content (AvgIpc) is 3.06. The summed E-state index contributed by atoms with van der Waals surface area (Å²) in [6, 6.07) is 13.9. The highest BCUT2D eigenvalue weighted by Crippen LogP contribution is 2.22. The highest BCUT2D eigenvalue weighted by Gasteiger charge is 2.12. The molecule has 0 saturated carbocycles. The number of aromatic nitrogens is 3. The SMILES string of the molecule is Cc1noc(-c2ccnc(NCC(CCO)c3ccccc3)c2)n1. The molecule has 3 rings (SSSR count). The highest BCUT2D eigenvalue weighted by atomic mass is 16.5. The number of aliphatic hydroxyl groups excluding tert-OH is 1. The first-order valence-corrected chi connectivity index (χ1v) is 7.92. The number of benzene rings is 1. The van der Waals surface area contributed by atoms with E-state index in [1.807, 2.05) is 30.3 Å². The molecule has 1 unspecified atom stereocenters. The molecule has 1 aromatic carbocycles. The second kappa shape index (κ2) is 7.70. The van der Waals surface area contributed by atoms with Crippen molar-refractivity contribution in [3.8, 4) is 11.5 Å². The van der Waals surface area contributed by atoms with Crippen LogP contribution in [0.2, 0.25) is 0 Å². The summed E-state index contributed by atoms with van der Waals surface area (Å²) in [5.41, 5.74) is 2.02. The van der Waals surface area contributed by atoms with Crippen LogP contribution in [0.25, 0.3) is 11.5 Å². The van der Waals surface area contributed by atoms with E-state index in [0.717, 1.165) is 11.4 Å². The summed E-state index contributed by atoms with van der Waals surface area (Å²) in [7, 11) is 0. The monoisotopic (exact) mass is 324 g/mol. The van der Waals surface area contributed by atoms with Gasteiger partial charge in [0.2, 0.25) is 0 Å². The highest BCUT2D eigenvalue weighted by molar-refractivity contribution is 5.57. The molecule has 24 heavy (non-hydrogen) atoms. The number of hydrogen-bond donors (Lipinski definition) is 2. The Morgan fingerprint density at radius 3 is 2.75 bits per heavy atom. The molecule has 0 aliphatic carbocycles. The third-order valence-corrected chi connectivity index (χ3v) is 3.81. The number of pyridine rings is 1. The standard InChI is InChI=1S/C18H20N4O2/c1-13-21-18(24-22-13)15-7-9-19-17(11-15)20-12-16(8-10-23)14-5-3-2-4-6-14/h2-7,9,11,16,23H,8,10,12H2,1H3,(H,19,20). The van der Waals surface area contributed by atoms with E-state index in [0.29, 0.717) is 24.7 Å². The van der Waals surface area contributed by atoms with E-state index in [1.165, 1.54) is 5.56 Å². The second-order valence-corrected chi connectivity index (χ2v) is 5.58. The van der Waals surface area contributed by atoms with Crippen molar-refractivity contribution in [2.45, 2.75) is 19.3 Å². The Morgan fingerprint density at radius 2 is 2.04 bits per heavy atom. The zero-order valence-electron chi connectivity index (χ0n) is 13.5. The molecule has 2 aromatic heterocycles. The summed E-state index contributed by atoms with van der Waals surface area (Å²) < 4.78 is 5.19. The second-order valence-electron chi connectivity index (χ2n) is 5.58. The van der Waals surface area contributed by atoms with Crippen LogP contribution in [0, 0.1) is 6.92 Å². The summed E-state index contributed by atoms with van der Waals surface area (Å²) in [4.78, 5) is 8.56. The maximum Gasteiger partial charge on any atom is 0.258 e. The van der Waals surface area contributed by atoms with Crippen molar-refractivity contribution in [3.05, 3.63) is 60.0 Å². The van der Waals surface area contributed by atoms with Crippen molar-refractivity contribution in [2.75, 3.05) is 18.5 Å². The predicted octanol–water partition coefficient (Wildman–Crippen LogP) is 3.02. The molecule has 3 aromatic rings. The van der Waals surface area contributed by atoms with Gasteiger partial charge in [0.25, 0.3) is 5.89 Å². The molecule has 0 saturated heterocycles. The molecule has 0 amide bonds. The lowest BCUT2D eigenvalue weighted by Crippen LogP contribution is -2.14. The number of anilines is 1. The molecule has 0 bridgehead atoms. The lowest BCUT2D eigenvalue weighted by atomic mass is 9.96. The van der Waals surface area contributed by atoms with Crippen molar-refractivity contribution >= 4 is 5.82 Å². The van der Waals surface area contributed by atoms with Crippen LogP contribution in [0.4, 0.5) is 5.82 Å². The molecule has 0 fully saturated rings. The zero-order chi connectivity index (χ0) is 16.8. The molecule has 2 N–H and O–H groups in total. The fourth-order valence-corrected chi connectivity index (χ4v) is 2.57. The Bertz CT molecular complexity index is 773. The first-order chi connectivity index (χ1) is 11.8. The summed E-state index contributed by atoms with van der Waals surface area (Å²) in [5.74, 6) is 2.03. The van der Waals surface area contributed by atoms with Crippen LogP contribution in [0.1, 0.15) is 23.7 Å². The van der Waals surface area contributed by atoms with Gasteiger partial charge in [0.05, 0.1) is 0 Å². The largest absolute Gasteiger partial charge is 0.396 e. The van der Waals surface area contributed by atoms with Crippen molar-refractivity contribution in [1.82, 2.24) is 15.1 Å². The van der Waals surface area contributed by atoms with Crippen LogP contribution in [0.5, 0.6) is 0 Å². The number of aliphatic hydroxyl groups is 1. The number of nitrogens with zero attached hydrogens (tertiary/aromatic N) is 3. The van der Waals surface area contributed by atoms with Gasteiger partial charge in [-0.1, -0.05) is 35.5 Å². The molecule has 124 valence electrons. The van der Waals surface area contributed by atoms with Crippen molar-refractivity contribution in [1.29, 1.82) is 0 Å². The van der Waals surface area contributed by atoms with Crippen LogP contribution >= 0.6 is 0 Å². The number of rotatable bonds is 7. The molecule has 0 radical (unpaired) electrons. The van der Waals surface area contributed by atoms with Crippen LogP contribution in [-0.4, -0.2) is 33.4 Å². The van der Waals surface area contributed by atoms with Crippen molar-refractivity contribution < 1.29 is 9.63 Å². The van der Waals surface area contributed by atoms with Gasteiger partial charge in [-0.05, 0) is 31.0 Å². The van der Waals surface area contributed by atoms with E-state index in [9.17, 15) is 5.11 Å². The Labute approximate surface area is 140 Å². The number of hydrogen-bond acceptors (Lipinski definition) is 6. The normalized spacial score (nSPS) is 12.1. The minimum atomic E-state index is 0.149. The van der Waals surface area contributed by atoms with Crippen LogP contribution in [0.3, 0.4) is 0 Å². The molecule has 1 atom stereocenters. The fourth-order valence-electron chi connectivity index (χ4n) is 2.57. The Morgan fingerprint density at radius 1 is 1.21 bits per heavy atom. The van der Waals surface area contributed by atoms with Gasteiger partial charge in [0, 0.05) is 30.8 Å². The molecule has 6 nitrogen and oxygen atoms in total. The summed E-state index contributed by atoms with van der Waals surface area (Å²) >= 11 is 0. The maximum absolute atomic E-state index is 9.32. The van der Waals surface area contributed by atoms with Gasteiger partial charge < -0.3 is 14.9 Å². The lowest BCUT2D eigenvalue weighted by Gasteiger charge is -2.17. The minimum Gasteiger partial charge on any atom is -0.396 e. The van der Waals surface area contributed by atoms with Gasteiger partial charge in [-0.2, -0.15) is 4.98 Å². The van der Waals surface area contributed by atoms with E-state index < -0.39 is 0 Å². The van der Waals surface area contributed by atoms with Crippen LogP contribution in [0.15, 0.2) is 53.2 Å². The smallest absolute Gasteiger partial charge is 0.258 e. The topological polar surface area (TPSA) is 84.1 Å². The molecular formula is C18H20N4O2. The van der Waals surface area contributed by atoms with Crippen LogP contribution in [-0.2, 0) is 0 Å². The maximum atomic E-state index is 9.32. The number of aryl methyl sites for hydroxylation is 1. The molecule has 2 heterocycles. The van der Waals surface area contributed by atoms with E-state index in [-0.39, 0.29) is 12.5 Å². The number of nitrogens with one attached hydrogen (secondary N) is 1. The van der Waals surface area contributed by atoms with Gasteiger partial charge >= 0.3 is 0 Å².